The molecule has 0 amide bonds. The number of pyridine rings is 1. The summed E-state index contributed by atoms with van der Waals surface area (Å²) in [7, 11) is -4.08. The number of aryl methyl sites for hydroxylation is 1. The predicted octanol–water partition coefficient (Wildman–Crippen LogP) is 1.82. The molecule has 0 radical (unpaired) electrons. The Labute approximate surface area is 116 Å². The fraction of sp³-hybridized carbons (Fsp3) is 0.154. The van der Waals surface area contributed by atoms with Crippen molar-refractivity contribution in [2.75, 3.05) is 4.72 Å². The highest BCUT2D eigenvalue weighted by atomic mass is 32.2. The number of halogens is 1. The number of benzene rings is 1. The number of aromatic nitrogens is 1. The summed E-state index contributed by atoms with van der Waals surface area (Å²) >= 11 is 0. The minimum absolute atomic E-state index is 0.279. The van der Waals surface area contributed by atoms with Gasteiger partial charge in [-0.3, -0.25) is 9.71 Å². The summed E-state index contributed by atoms with van der Waals surface area (Å²) in [4.78, 5) is 3.31. The molecule has 0 bridgehead atoms. The van der Waals surface area contributed by atoms with Gasteiger partial charge in [-0.2, -0.15) is 0 Å². The van der Waals surface area contributed by atoms with E-state index in [2.05, 4.69) is 9.71 Å². The summed E-state index contributed by atoms with van der Waals surface area (Å²) in [6.07, 6.45) is 2.88. The highest BCUT2D eigenvalue weighted by molar-refractivity contribution is 7.92. The Morgan fingerprint density at radius 3 is 2.75 bits per heavy atom. The van der Waals surface area contributed by atoms with E-state index in [-0.39, 0.29) is 12.3 Å². The van der Waals surface area contributed by atoms with Gasteiger partial charge in [0.25, 0.3) is 10.0 Å². The van der Waals surface area contributed by atoms with Gasteiger partial charge in [-0.1, -0.05) is 6.07 Å². The molecular weight excluding hydrogens is 283 g/mol. The number of hydrogen-bond donors (Lipinski definition) is 2. The number of nitrogens with zero attached hydrogens (tertiary/aromatic N) is 1. The van der Waals surface area contributed by atoms with Gasteiger partial charge in [0.05, 0.1) is 18.5 Å². The van der Waals surface area contributed by atoms with Crippen molar-refractivity contribution in [1.29, 1.82) is 0 Å². The zero-order chi connectivity index (χ0) is 14.8. The van der Waals surface area contributed by atoms with Crippen LogP contribution >= 0.6 is 0 Å². The molecule has 0 fully saturated rings. The first-order valence-electron chi connectivity index (χ1n) is 5.77. The zero-order valence-electron chi connectivity index (χ0n) is 10.7. The molecule has 0 aliphatic heterocycles. The minimum atomic E-state index is -4.08. The molecule has 5 nitrogen and oxygen atoms in total. The summed E-state index contributed by atoms with van der Waals surface area (Å²) in [5.41, 5.74) is 1.26. The van der Waals surface area contributed by atoms with Crippen LogP contribution in [0.25, 0.3) is 0 Å². The average molecular weight is 296 g/mol. The minimum Gasteiger partial charge on any atom is -0.392 e. The maximum Gasteiger partial charge on any atom is 0.264 e. The van der Waals surface area contributed by atoms with Crippen molar-refractivity contribution in [1.82, 2.24) is 4.98 Å². The van der Waals surface area contributed by atoms with Crippen LogP contribution in [0.5, 0.6) is 0 Å². The highest BCUT2D eigenvalue weighted by Crippen LogP contribution is 2.21. The quantitative estimate of drug-likeness (QED) is 0.902. The number of aliphatic hydroxyl groups excluding tert-OH is 1. The van der Waals surface area contributed by atoms with Crippen molar-refractivity contribution in [2.24, 2.45) is 0 Å². The van der Waals surface area contributed by atoms with Crippen molar-refractivity contribution in [3.63, 3.8) is 0 Å². The number of hydrogen-bond acceptors (Lipinski definition) is 4. The maximum atomic E-state index is 13.7. The Hall–Kier alpha value is -1.99. The van der Waals surface area contributed by atoms with E-state index < -0.39 is 20.7 Å². The fourth-order valence-electron chi connectivity index (χ4n) is 1.62. The van der Waals surface area contributed by atoms with Crippen LogP contribution in [0, 0.1) is 12.7 Å². The van der Waals surface area contributed by atoms with Crippen LogP contribution in [0.4, 0.5) is 10.1 Å². The second kappa shape index (κ2) is 5.56. The molecule has 1 aromatic heterocycles. The van der Waals surface area contributed by atoms with Crippen LogP contribution in [-0.4, -0.2) is 18.5 Å². The summed E-state index contributed by atoms with van der Waals surface area (Å²) < 4.78 is 40.3. The molecule has 0 spiro atoms. The first-order valence-corrected chi connectivity index (χ1v) is 7.25. The largest absolute Gasteiger partial charge is 0.392 e. The van der Waals surface area contributed by atoms with Gasteiger partial charge in [0.1, 0.15) is 10.7 Å². The third-order valence-corrected chi connectivity index (χ3v) is 4.13. The Bertz CT molecular complexity index is 732. The van der Waals surface area contributed by atoms with Crippen LogP contribution in [0.3, 0.4) is 0 Å². The van der Waals surface area contributed by atoms with Crippen molar-refractivity contribution < 1.29 is 17.9 Å². The third kappa shape index (κ3) is 2.94. The standard InChI is InChI=1S/C13H13FN2O3S/c1-9-4-5-15-7-12(9)16-20(18,19)13-6-10(8-17)2-3-11(13)14/h2-7,16-17H,8H2,1H3. The SMILES string of the molecule is Cc1ccncc1NS(=O)(=O)c1cc(CO)ccc1F. The molecule has 0 atom stereocenters. The highest BCUT2D eigenvalue weighted by Gasteiger charge is 2.20. The lowest BCUT2D eigenvalue weighted by Gasteiger charge is -2.11. The van der Waals surface area contributed by atoms with E-state index in [1.54, 1.807) is 13.0 Å². The molecule has 0 saturated heterocycles. The molecule has 0 aliphatic carbocycles. The molecule has 0 aliphatic rings. The number of aliphatic hydroxyl groups is 1. The molecule has 2 rings (SSSR count). The third-order valence-electron chi connectivity index (χ3n) is 2.75. The molecule has 0 unspecified atom stereocenters. The van der Waals surface area contributed by atoms with Crippen molar-refractivity contribution in [3.8, 4) is 0 Å². The Morgan fingerprint density at radius 2 is 2.10 bits per heavy atom. The molecule has 20 heavy (non-hydrogen) atoms. The molecule has 7 heteroatoms. The fourth-order valence-corrected chi connectivity index (χ4v) is 2.87. The first-order chi connectivity index (χ1) is 9.44. The first kappa shape index (κ1) is 14.4. The lowest BCUT2D eigenvalue weighted by Crippen LogP contribution is -2.16. The van der Waals surface area contributed by atoms with Gasteiger partial charge in [-0.25, -0.2) is 12.8 Å². The molecular formula is C13H13FN2O3S. The lowest BCUT2D eigenvalue weighted by molar-refractivity contribution is 0.281. The zero-order valence-corrected chi connectivity index (χ0v) is 11.5. The van der Waals surface area contributed by atoms with Crippen LogP contribution in [0.15, 0.2) is 41.6 Å². The van der Waals surface area contributed by atoms with E-state index in [4.69, 9.17) is 5.11 Å². The van der Waals surface area contributed by atoms with Gasteiger partial charge in [0.15, 0.2) is 0 Å². The number of rotatable bonds is 4. The Morgan fingerprint density at radius 1 is 1.35 bits per heavy atom. The van der Waals surface area contributed by atoms with Crippen molar-refractivity contribution >= 4 is 15.7 Å². The molecule has 1 heterocycles. The van der Waals surface area contributed by atoms with Gasteiger partial charge in [-0.05, 0) is 36.2 Å². The topological polar surface area (TPSA) is 79.3 Å². The maximum absolute atomic E-state index is 13.7. The molecule has 0 saturated carbocycles. The molecule has 106 valence electrons. The van der Waals surface area contributed by atoms with Gasteiger partial charge < -0.3 is 5.11 Å². The second-order valence-corrected chi connectivity index (χ2v) is 5.87. The van der Waals surface area contributed by atoms with Gasteiger partial charge in [0.2, 0.25) is 0 Å². The number of anilines is 1. The number of nitrogens with one attached hydrogen (secondary N) is 1. The predicted molar refractivity (Wildman–Crippen MR) is 72.1 cm³/mol. The van der Waals surface area contributed by atoms with E-state index in [1.807, 2.05) is 0 Å². The lowest BCUT2D eigenvalue weighted by atomic mass is 10.2. The van der Waals surface area contributed by atoms with Gasteiger partial charge in [0, 0.05) is 6.20 Å². The van der Waals surface area contributed by atoms with E-state index in [9.17, 15) is 12.8 Å². The van der Waals surface area contributed by atoms with Crippen LogP contribution in [0.1, 0.15) is 11.1 Å². The summed E-state index contributed by atoms with van der Waals surface area (Å²) in [6, 6.07) is 5.07. The van der Waals surface area contributed by atoms with E-state index in [0.29, 0.717) is 11.1 Å². The van der Waals surface area contributed by atoms with Crippen LogP contribution < -0.4 is 4.72 Å². The molecule has 1 aromatic carbocycles. The van der Waals surface area contributed by atoms with E-state index in [1.165, 1.54) is 18.5 Å². The number of sulfonamides is 1. The normalized spacial score (nSPS) is 11.3. The summed E-state index contributed by atoms with van der Waals surface area (Å²) in [5.74, 6) is -0.878. The van der Waals surface area contributed by atoms with Crippen molar-refractivity contribution in [2.45, 2.75) is 18.4 Å². The van der Waals surface area contributed by atoms with Gasteiger partial charge >= 0.3 is 0 Å². The molecule has 2 N–H and O–H groups in total. The monoisotopic (exact) mass is 296 g/mol. The van der Waals surface area contributed by atoms with Gasteiger partial charge in [-0.15, -0.1) is 0 Å². The Kier molecular flexibility index (Phi) is 4.01. The summed E-state index contributed by atoms with van der Waals surface area (Å²) in [6.45, 7) is 1.34. The smallest absolute Gasteiger partial charge is 0.264 e. The second-order valence-electron chi connectivity index (χ2n) is 4.22. The van der Waals surface area contributed by atoms with E-state index in [0.717, 1.165) is 12.1 Å². The van der Waals surface area contributed by atoms with Crippen molar-refractivity contribution in [3.05, 3.63) is 53.6 Å². The average Bonchev–Trinajstić information content (AvgIpc) is 2.41. The summed E-state index contributed by atoms with van der Waals surface area (Å²) in [5, 5.41) is 9.00. The van der Waals surface area contributed by atoms with Crippen LogP contribution in [-0.2, 0) is 16.6 Å². The molecule has 2 aromatic rings. The van der Waals surface area contributed by atoms with E-state index >= 15 is 0 Å². The Balaban J connectivity index is 2.43. The van der Waals surface area contributed by atoms with Crippen LogP contribution in [0.2, 0.25) is 0 Å².